The van der Waals surface area contributed by atoms with Gasteiger partial charge in [-0.15, -0.1) is 0 Å². The highest BCUT2D eigenvalue weighted by molar-refractivity contribution is 5.28. The molecule has 1 heteroatoms. The van der Waals surface area contributed by atoms with Crippen molar-refractivity contribution in [3.63, 3.8) is 0 Å². The number of hydrogen-bond donors (Lipinski definition) is 0. The average Bonchev–Trinajstić information content (AvgIpc) is 2.40. The summed E-state index contributed by atoms with van der Waals surface area (Å²) in [4.78, 5) is 0. The maximum Gasteiger partial charge on any atom is 0.119 e. The molecule has 0 heterocycles. The predicted molar refractivity (Wildman–Crippen MR) is 71.5 cm³/mol. The van der Waals surface area contributed by atoms with Gasteiger partial charge in [0.05, 0.1) is 6.61 Å². The molecule has 2 aromatic rings. The minimum absolute atomic E-state index is 0.733. The molecule has 0 aliphatic heterocycles. The Kier molecular flexibility index (Phi) is 4.20. The van der Waals surface area contributed by atoms with Gasteiger partial charge in [-0.2, -0.15) is 0 Å². The van der Waals surface area contributed by atoms with Crippen LogP contribution in [0.25, 0.3) is 0 Å². The highest BCUT2D eigenvalue weighted by atomic mass is 16.5. The Morgan fingerprint density at radius 1 is 0.882 bits per heavy atom. The van der Waals surface area contributed by atoms with Crippen LogP contribution in [0.2, 0.25) is 0 Å². The number of benzene rings is 2. The van der Waals surface area contributed by atoms with Crippen LogP contribution < -0.4 is 4.74 Å². The SMILES string of the molecule is CCc1cccc(OCCc2ccccc2)c1. The Labute approximate surface area is 103 Å². The summed E-state index contributed by atoms with van der Waals surface area (Å²) in [6.07, 6.45) is 2.01. The van der Waals surface area contributed by atoms with E-state index in [2.05, 4.69) is 49.4 Å². The monoisotopic (exact) mass is 226 g/mol. The smallest absolute Gasteiger partial charge is 0.119 e. The van der Waals surface area contributed by atoms with E-state index >= 15 is 0 Å². The molecule has 0 aliphatic rings. The fourth-order valence-electron chi connectivity index (χ4n) is 1.79. The van der Waals surface area contributed by atoms with E-state index in [4.69, 9.17) is 4.74 Å². The highest BCUT2D eigenvalue weighted by Gasteiger charge is 1.96. The zero-order chi connectivity index (χ0) is 11.9. The highest BCUT2D eigenvalue weighted by Crippen LogP contribution is 2.14. The van der Waals surface area contributed by atoms with Crippen molar-refractivity contribution in [3.05, 3.63) is 65.7 Å². The van der Waals surface area contributed by atoms with E-state index < -0.39 is 0 Å². The van der Waals surface area contributed by atoms with Gasteiger partial charge in [-0.1, -0.05) is 49.4 Å². The lowest BCUT2D eigenvalue weighted by Crippen LogP contribution is -2.01. The Balaban J connectivity index is 1.86. The van der Waals surface area contributed by atoms with Crippen molar-refractivity contribution in [2.75, 3.05) is 6.61 Å². The van der Waals surface area contributed by atoms with Crippen LogP contribution in [0.4, 0.5) is 0 Å². The van der Waals surface area contributed by atoms with Crippen LogP contribution in [-0.2, 0) is 12.8 Å². The molecule has 88 valence electrons. The molecule has 0 unspecified atom stereocenters. The van der Waals surface area contributed by atoms with Gasteiger partial charge < -0.3 is 4.74 Å². The molecule has 0 N–H and O–H groups in total. The van der Waals surface area contributed by atoms with Gasteiger partial charge in [-0.25, -0.2) is 0 Å². The first kappa shape index (κ1) is 11.7. The fourth-order valence-corrected chi connectivity index (χ4v) is 1.79. The zero-order valence-electron chi connectivity index (χ0n) is 10.2. The molecular weight excluding hydrogens is 208 g/mol. The van der Waals surface area contributed by atoms with E-state index in [-0.39, 0.29) is 0 Å². The minimum Gasteiger partial charge on any atom is -0.493 e. The lowest BCUT2D eigenvalue weighted by Gasteiger charge is -2.07. The molecule has 0 aromatic heterocycles. The first-order valence-corrected chi connectivity index (χ1v) is 6.14. The number of rotatable bonds is 5. The van der Waals surface area contributed by atoms with Gasteiger partial charge >= 0.3 is 0 Å². The van der Waals surface area contributed by atoms with Gasteiger partial charge in [0, 0.05) is 6.42 Å². The first-order valence-electron chi connectivity index (χ1n) is 6.14. The van der Waals surface area contributed by atoms with Crippen molar-refractivity contribution in [3.8, 4) is 5.75 Å². The second kappa shape index (κ2) is 6.09. The topological polar surface area (TPSA) is 9.23 Å². The Morgan fingerprint density at radius 3 is 2.41 bits per heavy atom. The number of aryl methyl sites for hydroxylation is 1. The van der Waals surface area contributed by atoms with Crippen molar-refractivity contribution in [2.24, 2.45) is 0 Å². The van der Waals surface area contributed by atoms with Crippen LogP contribution in [0.15, 0.2) is 54.6 Å². The molecule has 0 fully saturated rings. The van der Waals surface area contributed by atoms with Crippen LogP contribution in [0.1, 0.15) is 18.1 Å². The van der Waals surface area contributed by atoms with Crippen molar-refractivity contribution in [1.82, 2.24) is 0 Å². The third-order valence-electron chi connectivity index (χ3n) is 2.81. The fraction of sp³-hybridized carbons (Fsp3) is 0.250. The van der Waals surface area contributed by atoms with Crippen molar-refractivity contribution >= 4 is 0 Å². The van der Waals surface area contributed by atoms with Crippen LogP contribution in [0, 0.1) is 0 Å². The quantitative estimate of drug-likeness (QED) is 0.752. The summed E-state index contributed by atoms with van der Waals surface area (Å²) in [5.41, 5.74) is 2.64. The first-order chi connectivity index (χ1) is 8.38. The Hall–Kier alpha value is -1.76. The van der Waals surface area contributed by atoms with Gasteiger partial charge in [0.15, 0.2) is 0 Å². The van der Waals surface area contributed by atoms with E-state index in [1.165, 1.54) is 11.1 Å². The molecule has 1 nitrogen and oxygen atoms in total. The summed E-state index contributed by atoms with van der Waals surface area (Å²) in [5.74, 6) is 0.972. The molecule has 0 atom stereocenters. The lowest BCUT2D eigenvalue weighted by atomic mass is 10.1. The van der Waals surface area contributed by atoms with Crippen molar-refractivity contribution in [1.29, 1.82) is 0 Å². The molecule has 0 radical (unpaired) electrons. The standard InChI is InChI=1S/C16H18O/c1-2-14-9-6-10-16(13-14)17-12-11-15-7-4-3-5-8-15/h3-10,13H,2,11-12H2,1H3. The maximum atomic E-state index is 5.75. The summed E-state index contributed by atoms with van der Waals surface area (Å²) in [5, 5.41) is 0. The van der Waals surface area contributed by atoms with Gasteiger partial charge in [0.1, 0.15) is 5.75 Å². The largest absolute Gasteiger partial charge is 0.493 e. The summed E-state index contributed by atoms with van der Waals surface area (Å²) in [7, 11) is 0. The van der Waals surface area contributed by atoms with E-state index in [0.29, 0.717) is 0 Å². The average molecular weight is 226 g/mol. The van der Waals surface area contributed by atoms with E-state index in [1.54, 1.807) is 0 Å². The molecule has 0 amide bonds. The molecule has 2 aromatic carbocycles. The minimum atomic E-state index is 0.733. The Bertz CT molecular complexity index is 448. The molecular formula is C16H18O. The van der Waals surface area contributed by atoms with Gasteiger partial charge in [0.2, 0.25) is 0 Å². The molecule has 0 aliphatic carbocycles. The molecule has 2 rings (SSSR count). The second-order valence-electron chi connectivity index (χ2n) is 4.09. The van der Waals surface area contributed by atoms with E-state index in [9.17, 15) is 0 Å². The maximum absolute atomic E-state index is 5.75. The molecule has 0 spiro atoms. The normalized spacial score (nSPS) is 10.2. The third-order valence-corrected chi connectivity index (χ3v) is 2.81. The van der Waals surface area contributed by atoms with Crippen molar-refractivity contribution in [2.45, 2.75) is 19.8 Å². The number of hydrogen-bond acceptors (Lipinski definition) is 1. The van der Waals surface area contributed by atoms with Crippen LogP contribution in [-0.4, -0.2) is 6.61 Å². The second-order valence-corrected chi connectivity index (χ2v) is 4.09. The van der Waals surface area contributed by atoms with E-state index in [1.807, 2.05) is 12.1 Å². The lowest BCUT2D eigenvalue weighted by molar-refractivity contribution is 0.321. The molecule has 0 bridgehead atoms. The molecule has 0 saturated heterocycles. The summed E-state index contributed by atoms with van der Waals surface area (Å²) in [6, 6.07) is 18.7. The Morgan fingerprint density at radius 2 is 1.65 bits per heavy atom. The summed E-state index contributed by atoms with van der Waals surface area (Å²) in [6.45, 7) is 2.89. The van der Waals surface area contributed by atoms with Crippen LogP contribution >= 0.6 is 0 Å². The number of ether oxygens (including phenoxy) is 1. The predicted octanol–water partition coefficient (Wildman–Crippen LogP) is 3.87. The van der Waals surface area contributed by atoms with Gasteiger partial charge in [-0.05, 0) is 29.7 Å². The van der Waals surface area contributed by atoms with Crippen LogP contribution in [0.5, 0.6) is 5.75 Å². The van der Waals surface area contributed by atoms with E-state index in [0.717, 1.165) is 25.2 Å². The summed E-state index contributed by atoms with van der Waals surface area (Å²) >= 11 is 0. The third kappa shape index (κ3) is 3.63. The zero-order valence-corrected chi connectivity index (χ0v) is 10.2. The van der Waals surface area contributed by atoms with Gasteiger partial charge in [-0.3, -0.25) is 0 Å². The molecule has 17 heavy (non-hydrogen) atoms. The van der Waals surface area contributed by atoms with Gasteiger partial charge in [0.25, 0.3) is 0 Å². The van der Waals surface area contributed by atoms with Crippen molar-refractivity contribution < 1.29 is 4.74 Å². The van der Waals surface area contributed by atoms with Crippen LogP contribution in [0.3, 0.4) is 0 Å². The molecule has 0 saturated carbocycles. The summed E-state index contributed by atoms with van der Waals surface area (Å²) < 4.78 is 5.75.